The molecule has 104 valence electrons. The molecule has 0 saturated heterocycles. The number of hydrogen-bond donors (Lipinski definition) is 2. The first-order chi connectivity index (χ1) is 9.77. The second kappa shape index (κ2) is 7.40. The van der Waals surface area contributed by atoms with Gasteiger partial charge in [-0.05, 0) is 36.6 Å². The van der Waals surface area contributed by atoms with E-state index in [-0.39, 0.29) is 0 Å². The fourth-order valence-electron chi connectivity index (χ4n) is 2.08. The fourth-order valence-corrected chi connectivity index (χ4v) is 2.08. The molecule has 0 spiro atoms. The molecular formula is C16H18N2O2. The van der Waals surface area contributed by atoms with Crippen LogP contribution in [0.25, 0.3) is 0 Å². The normalized spacial score (nSPS) is 12.0. The van der Waals surface area contributed by atoms with Crippen LogP contribution in [0.1, 0.15) is 23.6 Å². The molecule has 0 amide bonds. The van der Waals surface area contributed by atoms with E-state index in [2.05, 4.69) is 10.3 Å². The number of carboxylic acids is 1. The lowest BCUT2D eigenvalue weighted by molar-refractivity contribution is -0.139. The van der Waals surface area contributed by atoms with Gasteiger partial charge in [-0.1, -0.05) is 36.4 Å². The molecule has 1 aromatic carbocycles. The van der Waals surface area contributed by atoms with Crippen LogP contribution in [0.3, 0.4) is 0 Å². The van der Waals surface area contributed by atoms with Gasteiger partial charge in [0.15, 0.2) is 0 Å². The third-order valence-electron chi connectivity index (χ3n) is 3.09. The van der Waals surface area contributed by atoms with Crippen molar-refractivity contribution in [1.29, 1.82) is 0 Å². The minimum absolute atomic E-state index is 0.648. The summed E-state index contributed by atoms with van der Waals surface area (Å²) in [4.78, 5) is 15.4. The zero-order chi connectivity index (χ0) is 14.2. The van der Waals surface area contributed by atoms with E-state index in [0.29, 0.717) is 6.54 Å². The van der Waals surface area contributed by atoms with Crippen molar-refractivity contribution in [1.82, 2.24) is 10.3 Å². The van der Waals surface area contributed by atoms with Crippen LogP contribution in [0.4, 0.5) is 0 Å². The van der Waals surface area contributed by atoms with Gasteiger partial charge in [0.05, 0.1) is 0 Å². The van der Waals surface area contributed by atoms with E-state index < -0.39 is 12.0 Å². The Labute approximate surface area is 118 Å². The van der Waals surface area contributed by atoms with Crippen molar-refractivity contribution in [3.8, 4) is 0 Å². The van der Waals surface area contributed by atoms with Crippen LogP contribution in [0.5, 0.6) is 0 Å². The van der Waals surface area contributed by atoms with E-state index in [1.165, 1.54) is 5.56 Å². The molecule has 2 rings (SSSR count). The second-order valence-corrected chi connectivity index (χ2v) is 4.60. The third kappa shape index (κ3) is 4.17. The highest BCUT2D eigenvalue weighted by atomic mass is 16.4. The van der Waals surface area contributed by atoms with E-state index in [1.54, 1.807) is 6.20 Å². The molecule has 0 unspecified atom stereocenters. The highest BCUT2D eigenvalue weighted by Gasteiger charge is 2.17. The van der Waals surface area contributed by atoms with Crippen molar-refractivity contribution < 1.29 is 9.90 Å². The van der Waals surface area contributed by atoms with Gasteiger partial charge in [0.2, 0.25) is 0 Å². The topological polar surface area (TPSA) is 62.2 Å². The molecule has 20 heavy (non-hydrogen) atoms. The first-order valence-electron chi connectivity index (χ1n) is 6.67. The first-order valence-corrected chi connectivity index (χ1v) is 6.67. The predicted octanol–water partition coefficient (Wildman–Crippen LogP) is 2.43. The summed E-state index contributed by atoms with van der Waals surface area (Å²) in [5, 5.41) is 12.4. The van der Waals surface area contributed by atoms with Gasteiger partial charge in [-0.25, -0.2) is 0 Å². The van der Waals surface area contributed by atoms with Gasteiger partial charge < -0.3 is 10.4 Å². The van der Waals surface area contributed by atoms with Crippen molar-refractivity contribution in [2.75, 3.05) is 6.54 Å². The van der Waals surface area contributed by atoms with Crippen molar-refractivity contribution >= 4 is 5.97 Å². The molecule has 0 bridgehead atoms. The zero-order valence-corrected chi connectivity index (χ0v) is 11.2. The van der Waals surface area contributed by atoms with Gasteiger partial charge in [0, 0.05) is 12.4 Å². The van der Waals surface area contributed by atoms with Crippen molar-refractivity contribution in [2.24, 2.45) is 0 Å². The largest absolute Gasteiger partial charge is 0.480 e. The molecule has 0 aliphatic heterocycles. The maximum atomic E-state index is 11.3. The number of rotatable bonds is 7. The van der Waals surface area contributed by atoms with Crippen LogP contribution in [0, 0.1) is 0 Å². The summed E-state index contributed by atoms with van der Waals surface area (Å²) < 4.78 is 0. The third-order valence-corrected chi connectivity index (χ3v) is 3.09. The molecule has 2 N–H and O–H groups in total. The second-order valence-electron chi connectivity index (χ2n) is 4.60. The number of benzene rings is 1. The molecule has 1 aromatic heterocycles. The van der Waals surface area contributed by atoms with Gasteiger partial charge in [0.1, 0.15) is 6.04 Å². The van der Waals surface area contributed by atoms with Crippen LogP contribution < -0.4 is 5.32 Å². The number of carboxylic acid groups (broad SMARTS) is 1. The number of aryl methyl sites for hydroxylation is 1. The van der Waals surface area contributed by atoms with Crippen molar-refractivity contribution in [2.45, 2.75) is 18.9 Å². The van der Waals surface area contributed by atoms with Gasteiger partial charge in [0.25, 0.3) is 0 Å². The van der Waals surface area contributed by atoms with Gasteiger partial charge in [-0.2, -0.15) is 0 Å². The summed E-state index contributed by atoms with van der Waals surface area (Å²) in [5.41, 5.74) is 1.95. The molecule has 0 radical (unpaired) electrons. The minimum Gasteiger partial charge on any atom is -0.480 e. The van der Waals surface area contributed by atoms with Crippen LogP contribution in [-0.2, 0) is 11.2 Å². The Morgan fingerprint density at radius 3 is 2.65 bits per heavy atom. The summed E-state index contributed by atoms with van der Waals surface area (Å²) in [6.07, 6.45) is 5.35. The molecule has 0 saturated carbocycles. The molecule has 2 aromatic rings. The fraction of sp³-hybridized carbons (Fsp3) is 0.250. The summed E-state index contributed by atoms with van der Waals surface area (Å²) in [6, 6.07) is 12.5. The number of carbonyl (C=O) groups is 1. The zero-order valence-electron chi connectivity index (χ0n) is 11.2. The lowest BCUT2D eigenvalue weighted by Gasteiger charge is -2.14. The Kier molecular flexibility index (Phi) is 5.26. The van der Waals surface area contributed by atoms with E-state index >= 15 is 0 Å². The molecule has 1 atom stereocenters. The quantitative estimate of drug-likeness (QED) is 0.759. The van der Waals surface area contributed by atoms with Crippen molar-refractivity contribution in [3.05, 3.63) is 66.0 Å². The monoisotopic (exact) mass is 270 g/mol. The molecule has 0 fully saturated rings. The van der Waals surface area contributed by atoms with Crippen LogP contribution in [0.15, 0.2) is 54.9 Å². The highest BCUT2D eigenvalue weighted by Crippen LogP contribution is 2.12. The van der Waals surface area contributed by atoms with E-state index in [0.717, 1.165) is 18.4 Å². The summed E-state index contributed by atoms with van der Waals surface area (Å²) >= 11 is 0. The Morgan fingerprint density at radius 1 is 1.20 bits per heavy atom. The van der Waals surface area contributed by atoms with Gasteiger partial charge in [-0.3, -0.25) is 9.78 Å². The standard InChI is InChI=1S/C16H18N2O2/c19-16(20)15(14-8-2-1-3-9-14)18-11-5-7-13-6-4-10-17-12-13/h1-4,6,8-10,12,15,18H,5,7,11H2,(H,19,20)/t15-/m0/s1. The minimum atomic E-state index is -0.849. The van der Waals surface area contributed by atoms with Gasteiger partial charge >= 0.3 is 5.97 Å². The Balaban J connectivity index is 1.83. The summed E-state index contributed by atoms with van der Waals surface area (Å²) in [5.74, 6) is -0.849. The lowest BCUT2D eigenvalue weighted by atomic mass is 10.1. The van der Waals surface area contributed by atoms with Crippen molar-refractivity contribution in [3.63, 3.8) is 0 Å². The lowest BCUT2D eigenvalue weighted by Crippen LogP contribution is -2.29. The Bertz CT molecular complexity index is 529. The number of hydrogen-bond acceptors (Lipinski definition) is 3. The molecular weight excluding hydrogens is 252 g/mol. The maximum Gasteiger partial charge on any atom is 0.325 e. The molecule has 4 heteroatoms. The van der Waals surface area contributed by atoms with E-state index in [9.17, 15) is 9.90 Å². The molecule has 0 aliphatic carbocycles. The first kappa shape index (κ1) is 14.2. The molecule has 0 aliphatic rings. The summed E-state index contributed by atoms with van der Waals surface area (Å²) in [7, 11) is 0. The van der Waals surface area contributed by atoms with Crippen LogP contribution in [-0.4, -0.2) is 22.6 Å². The van der Waals surface area contributed by atoms with Crippen LogP contribution >= 0.6 is 0 Å². The maximum absolute atomic E-state index is 11.3. The Morgan fingerprint density at radius 2 is 2.00 bits per heavy atom. The van der Waals surface area contributed by atoms with E-state index in [4.69, 9.17) is 0 Å². The van der Waals surface area contributed by atoms with Crippen LogP contribution in [0.2, 0.25) is 0 Å². The Hall–Kier alpha value is -2.20. The number of aromatic nitrogens is 1. The SMILES string of the molecule is O=C(O)[C@@H](NCCCc1cccnc1)c1ccccc1. The highest BCUT2D eigenvalue weighted by molar-refractivity contribution is 5.75. The number of pyridine rings is 1. The van der Waals surface area contributed by atoms with Gasteiger partial charge in [-0.15, -0.1) is 0 Å². The number of nitrogens with one attached hydrogen (secondary N) is 1. The summed E-state index contributed by atoms with van der Waals surface area (Å²) in [6.45, 7) is 0.654. The molecule has 1 heterocycles. The predicted molar refractivity (Wildman–Crippen MR) is 77.4 cm³/mol. The number of aliphatic carboxylic acids is 1. The average Bonchev–Trinajstić information content (AvgIpc) is 2.49. The smallest absolute Gasteiger partial charge is 0.325 e. The average molecular weight is 270 g/mol. The number of nitrogens with zero attached hydrogens (tertiary/aromatic N) is 1. The molecule has 4 nitrogen and oxygen atoms in total. The van der Waals surface area contributed by atoms with E-state index in [1.807, 2.05) is 48.7 Å².